The highest BCUT2D eigenvalue weighted by atomic mass is 16.4. The molecule has 1 saturated carbocycles. The van der Waals surface area contributed by atoms with Gasteiger partial charge in [0.1, 0.15) is 0 Å². The molecule has 1 aliphatic carbocycles. The van der Waals surface area contributed by atoms with Gasteiger partial charge >= 0.3 is 5.97 Å². The van der Waals surface area contributed by atoms with Crippen LogP contribution in [-0.4, -0.2) is 23.5 Å². The van der Waals surface area contributed by atoms with E-state index in [9.17, 15) is 9.59 Å². The monoisotopic (exact) mass is 323 g/mol. The predicted molar refractivity (Wildman–Crippen MR) is 92.4 cm³/mol. The normalized spacial score (nSPS) is 19.3. The van der Waals surface area contributed by atoms with Crippen LogP contribution in [-0.2, 0) is 16.0 Å². The summed E-state index contributed by atoms with van der Waals surface area (Å²) < 4.78 is 0. The first-order chi connectivity index (χ1) is 11.6. The van der Waals surface area contributed by atoms with Gasteiger partial charge in [0.15, 0.2) is 0 Å². The average Bonchev–Trinajstić information content (AvgIpc) is 2.54. The van der Waals surface area contributed by atoms with E-state index >= 15 is 0 Å². The highest BCUT2D eigenvalue weighted by molar-refractivity contribution is 5.86. The molecule has 2 aromatic rings. The molecule has 24 heavy (non-hydrogen) atoms. The van der Waals surface area contributed by atoms with Crippen LogP contribution in [0.25, 0.3) is 11.1 Å². The lowest BCUT2D eigenvalue weighted by molar-refractivity contribution is -0.152. The van der Waals surface area contributed by atoms with Crippen LogP contribution in [0.2, 0.25) is 0 Å². The number of amides is 1. The van der Waals surface area contributed by atoms with Crippen molar-refractivity contribution in [3.05, 3.63) is 60.2 Å². The van der Waals surface area contributed by atoms with E-state index in [1.54, 1.807) is 0 Å². The van der Waals surface area contributed by atoms with Crippen molar-refractivity contribution >= 4 is 11.9 Å². The number of carboxylic acids is 1. The van der Waals surface area contributed by atoms with Crippen molar-refractivity contribution in [2.75, 3.05) is 6.54 Å². The van der Waals surface area contributed by atoms with Gasteiger partial charge in [-0.25, -0.2) is 0 Å². The van der Waals surface area contributed by atoms with E-state index in [-0.39, 0.29) is 11.8 Å². The number of rotatable bonds is 6. The van der Waals surface area contributed by atoms with Gasteiger partial charge in [0, 0.05) is 6.54 Å². The number of carboxylic acid groups (broad SMARTS) is 1. The molecule has 0 aliphatic heterocycles. The molecule has 0 saturated heterocycles. The number of hydrogen-bond acceptors (Lipinski definition) is 2. The topological polar surface area (TPSA) is 66.4 Å². The molecule has 2 atom stereocenters. The zero-order chi connectivity index (χ0) is 16.9. The Bertz CT molecular complexity index is 727. The number of hydrogen-bond donors (Lipinski definition) is 2. The molecule has 1 aliphatic rings. The maximum Gasteiger partial charge on any atom is 0.307 e. The number of aliphatic carboxylic acids is 1. The quantitative estimate of drug-likeness (QED) is 0.858. The van der Waals surface area contributed by atoms with Gasteiger partial charge in [-0.15, -0.1) is 0 Å². The van der Waals surface area contributed by atoms with Gasteiger partial charge in [-0.3, -0.25) is 9.59 Å². The van der Waals surface area contributed by atoms with Crippen LogP contribution in [0.4, 0.5) is 0 Å². The van der Waals surface area contributed by atoms with Gasteiger partial charge in [0.05, 0.1) is 11.8 Å². The summed E-state index contributed by atoms with van der Waals surface area (Å²) in [5, 5.41) is 11.9. The molecule has 0 bridgehead atoms. The number of benzene rings is 2. The van der Waals surface area contributed by atoms with Crippen molar-refractivity contribution in [1.82, 2.24) is 5.32 Å². The Morgan fingerprint density at radius 3 is 2.33 bits per heavy atom. The molecule has 0 heterocycles. The number of carbonyl (C=O) groups is 2. The summed E-state index contributed by atoms with van der Waals surface area (Å²) in [6.07, 6.45) is 2.01. The highest BCUT2D eigenvalue weighted by Gasteiger charge is 2.41. The van der Waals surface area contributed by atoms with Crippen LogP contribution >= 0.6 is 0 Å². The van der Waals surface area contributed by atoms with Gasteiger partial charge in [-0.05, 0) is 36.0 Å². The molecule has 2 aromatic carbocycles. The molecule has 0 aromatic heterocycles. The minimum Gasteiger partial charge on any atom is -0.481 e. The van der Waals surface area contributed by atoms with E-state index in [4.69, 9.17) is 5.11 Å². The lowest BCUT2D eigenvalue weighted by Crippen LogP contribution is -2.44. The summed E-state index contributed by atoms with van der Waals surface area (Å²) in [6.45, 7) is 0.528. The third kappa shape index (κ3) is 3.65. The summed E-state index contributed by atoms with van der Waals surface area (Å²) in [5.74, 6) is -1.87. The summed E-state index contributed by atoms with van der Waals surface area (Å²) >= 11 is 0. The molecule has 124 valence electrons. The Balaban J connectivity index is 1.54. The second-order valence-electron chi connectivity index (χ2n) is 6.24. The minimum absolute atomic E-state index is 0.132. The van der Waals surface area contributed by atoms with Gasteiger partial charge in [-0.1, -0.05) is 54.6 Å². The first-order valence-corrected chi connectivity index (χ1v) is 8.30. The Labute approximate surface area is 141 Å². The fourth-order valence-corrected chi connectivity index (χ4v) is 3.11. The molecule has 0 unspecified atom stereocenters. The summed E-state index contributed by atoms with van der Waals surface area (Å²) in [7, 11) is 0. The van der Waals surface area contributed by atoms with Crippen LogP contribution in [0.5, 0.6) is 0 Å². The van der Waals surface area contributed by atoms with Crippen molar-refractivity contribution in [2.45, 2.75) is 19.3 Å². The van der Waals surface area contributed by atoms with E-state index in [1.807, 2.05) is 30.3 Å². The van der Waals surface area contributed by atoms with Crippen molar-refractivity contribution in [3.63, 3.8) is 0 Å². The summed E-state index contributed by atoms with van der Waals surface area (Å²) in [6, 6.07) is 18.4. The molecule has 1 fully saturated rings. The fourth-order valence-electron chi connectivity index (χ4n) is 3.11. The fraction of sp³-hybridized carbons (Fsp3) is 0.300. The predicted octanol–water partition coefficient (Wildman–Crippen LogP) is 3.12. The second-order valence-corrected chi connectivity index (χ2v) is 6.24. The van der Waals surface area contributed by atoms with E-state index in [2.05, 4.69) is 29.6 Å². The van der Waals surface area contributed by atoms with Crippen LogP contribution in [0.15, 0.2) is 54.6 Å². The molecule has 4 heteroatoms. The third-order valence-corrected chi connectivity index (χ3v) is 4.68. The van der Waals surface area contributed by atoms with E-state index < -0.39 is 11.9 Å². The Morgan fingerprint density at radius 1 is 0.958 bits per heavy atom. The van der Waals surface area contributed by atoms with E-state index in [1.165, 1.54) is 5.56 Å². The number of nitrogens with one attached hydrogen (secondary N) is 1. The van der Waals surface area contributed by atoms with Crippen molar-refractivity contribution in [2.24, 2.45) is 11.8 Å². The maximum atomic E-state index is 12.0. The molecule has 1 amide bonds. The van der Waals surface area contributed by atoms with Crippen LogP contribution < -0.4 is 5.32 Å². The molecule has 4 nitrogen and oxygen atoms in total. The van der Waals surface area contributed by atoms with Crippen LogP contribution in [0.3, 0.4) is 0 Å². The van der Waals surface area contributed by atoms with Gasteiger partial charge in [-0.2, -0.15) is 0 Å². The van der Waals surface area contributed by atoms with Crippen LogP contribution in [0.1, 0.15) is 18.4 Å². The minimum atomic E-state index is -0.864. The molecule has 2 N–H and O–H groups in total. The first-order valence-electron chi connectivity index (χ1n) is 8.30. The zero-order valence-electron chi connectivity index (χ0n) is 13.4. The third-order valence-electron chi connectivity index (χ3n) is 4.68. The molecule has 0 spiro atoms. The largest absolute Gasteiger partial charge is 0.481 e. The van der Waals surface area contributed by atoms with Crippen LogP contribution in [0, 0.1) is 11.8 Å². The maximum absolute atomic E-state index is 12.0. The molecule has 0 radical (unpaired) electrons. The smallest absolute Gasteiger partial charge is 0.307 e. The Hall–Kier alpha value is -2.62. The van der Waals surface area contributed by atoms with Gasteiger partial charge < -0.3 is 10.4 Å². The van der Waals surface area contributed by atoms with Crippen molar-refractivity contribution in [1.29, 1.82) is 0 Å². The standard InChI is InChI=1S/C20H21NO3/c22-19(17-9-10-18(17)20(23)24)21-12-11-14-5-4-8-16(13-14)15-6-2-1-3-7-15/h1-8,13,17-18H,9-12H2,(H,21,22)(H,23,24)/t17-,18-/m1/s1. The highest BCUT2D eigenvalue weighted by Crippen LogP contribution is 2.34. The Morgan fingerprint density at radius 2 is 1.67 bits per heavy atom. The lowest BCUT2D eigenvalue weighted by atomic mass is 9.73. The van der Waals surface area contributed by atoms with Gasteiger partial charge in [0.2, 0.25) is 5.91 Å². The molecule has 3 rings (SSSR count). The Kier molecular flexibility index (Phi) is 4.94. The van der Waals surface area contributed by atoms with Crippen molar-refractivity contribution < 1.29 is 14.7 Å². The first kappa shape index (κ1) is 16.2. The van der Waals surface area contributed by atoms with Crippen molar-refractivity contribution in [3.8, 4) is 11.1 Å². The molecular formula is C20H21NO3. The summed E-state index contributed by atoms with van der Waals surface area (Å²) in [5.41, 5.74) is 3.48. The SMILES string of the molecule is O=C(O)[C@@H]1CC[C@H]1C(=O)NCCc1cccc(-c2ccccc2)c1. The second kappa shape index (κ2) is 7.30. The summed E-state index contributed by atoms with van der Waals surface area (Å²) in [4.78, 5) is 23.0. The van der Waals surface area contributed by atoms with Gasteiger partial charge in [0.25, 0.3) is 0 Å². The number of carbonyl (C=O) groups excluding carboxylic acids is 1. The average molecular weight is 323 g/mol. The van der Waals surface area contributed by atoms with E-state index in [0.717, 1.165) is 17.5 Å². The van der Waals surface area contributed by atoms with E-state index in [0.29, 0.717) is 19.4 Å². The lowest BCUT2D eigenvalue weighted by Gasteiger charge is -2.31. The zero-order valence-corrected chi connectivity index (χ0v) is 13.4. The molecular weight excluding hydrogens is 302 g/mol.